The Labute approximate surface area is 136 Å². The van der Waals surface area contributed by atoms with E-state index in [4.69, 9.17) is 4.74 Å². The van der Waals surface area contributed by atoms with E-state index in [9.17, 15) is 9.59 Å². The summed E-state index contributed by atoms with van der Waals surface area (Å²) in [5.74, 6) is -1.06. The fourth-order valence-corrected chi connectivity index (χ4v) is 2.30. The number of hydrogen-bond acceptors (Lipinski definition) is 3. The summed E-state index contributed by atoms with van der Waals surface area (Å²) in [5.41, 5.74) is 2.70. The van der Waals surface area contributed by atoms with Gasteiger partial charge in [-0.15, -0.1) is 0 Å². The molecule has 0 fully saturated rings. The summed E-state index contributed by atoms with van der Waals surface area (Å²) in [7, 11) is 0. The van der Waals surface area contributed by atoms with Gasteiger partial charge in [0, 0.05) is 5.69 Å². The second-order valence-corrected chi connectivity index (χ2v) is 5.39. The number of rotatable bonds is 6. The average Bonchev–Trinajstić information content (AvgIpc) is 2.57. The van der Waals surface area contributed by atoms with Gasteiger partial charge in [0.1, 0.15) is 0 Å². The van der Waals surface area contributed by atoms with E-state index in [1.54, 1.807) is 0 Å². The van der Waals surface area contributed by atoms with Gasteiger partial charge in [-0.2, -0.15) is 0 Å². The van der Waals surface area contributed by atoms with E-state index in [1.165, 1.54) is 0 Å². The van der Waals surface area contributed by atoms with Crippen LogP contribution in [0.3, 0.4) is 0 Å². The number of aryl methyl sites for hydroxylation is 1. The van der Waals surface area contributed by atoms with Gasteiger partial charge < -0.3 is 10.1 Å². The van der Waals surface area contributed by atoms with E-state index in [-0.39, 0.29) is 24.4 Å². The van der Waals surface area contributed by atoms with E-state index < -0.39 is 0 Å². The Morgan fingerprint density at radius 1 is 1.04 bits per heavy atom. The highest BCUT2D eigenvalue weighted by molar-refractivity contribution is 5.93. The summed E-state index contributed by atoms with van der Waals surface area (Å²) in [6, 6.07) is 16.9. The molecule has 4 heteroatoms. The average molecular weight is 311 g/mol. The molecule has 1 atom stereocenters. The number of anilines is 1. The van der Waals surface area contributed by atoms with Gasteiger partial charge in [0.2, 0.25) is 0 Å². The maximum absolute atomic E-state index is 12.2. The zero-order valence-corrected chi connectivity index (χ0v) is 13.4. The van der Waals surface area contributed by atoms with E-state index in [0.29, 0.717) is 12.1 Å². The Hall–Kier alpha value is -2.62. The predicted octanol–water partition coefficient (Wildman–Crippen LogP) is 3.67. The lowest BCUT2D eigenvalue weighted by Crippen LogP contribution is -2.23. The quantitative estimate of drug-likeness (QED) is 0.828. The van der Waals surface area contributed by atoms with Crippen molar-refractivity contribution in [2.75, 3.05) is 11.9 Å². The molecule has 0 unspecified atom stereocenters. The van der Waals surface area contributed by atoms with Crippen LogP contribution in [0, 0.1) is 6.92 Å². The van der Waals surface area contributed by atoms with Crippen LogP contribution in [-0.2, 0) is 14.3 Å². The smallest absolute Gasteiger partial charge is 0.313 e. The van der Waals surface area contributed by atoms with Crippen molar-refractivity contribution in [3.05, 3.63) is 65.7 Å². The summed E-state index contributed by atoms with van der Waals surface area (Å²) < 4.78 is 5.16. The molecule has 0 aliphatic carbocycles. The number of ether oxygens (including phenoxy) is 1. The highest BCUT2D eigenvalue weighted by atomic mass is 16.5. The van der Waals surface area contributed by atoms with Crippen LogP contribution in [0.5, 0.6) is 0 Å². The Kier molecular flexibility index (Phi) is 5.92. The van der Waals surface area contributed by atoms with Crippen molar-refractivity contribution < 1.29 is 14.3 Å². The predicted molar refractivity (Wildman–Crippen MR) is 90.2 cm³/mol. The van der Waals surface area contributed by atoms with Gasteiger partial charge in [0.05, 0.1) is 5.92 Å². The fourth-order valence-electron chi connectivity index (χ4n) is 2.30. The van der Waals surface area contributed by atoms with E-state index >= 15 is 0 Å². The van der Waals surface area contributed by atoms with Crippen molar-refractivity contribution in [3.63, 3.8) is 0 Å². The molecule has 0 saturated heterocycles. The minimum atomic E-state index is -0.377. The van der Waals surface area contributed by atoms with Crippen LogP contribution in [0.4, 0.5) is 5.69 Å². The summed E-state index contributed by atoms with van der Waals surface area (Å²) in [5, 5.41) is 2.71. The standard InChI is InChI=1S/C19H21NO3/c1-3-17(15-7-5-4-6-8-15)19(22)23-13-18(21)20-16-11-9-14(2)10-12-16/h4-12,17H,3,13H2,1-2H3,(H,20,21)/t17-/m0/s1. The normalized spacial score (nSPS) is 11.6. The molecule has 2 rings (SSSR count). The highest BCUT2D eigenvalue weighted by Gasteiger charge is 2.20. The number of esters is 1. The number of carbonyl (C=O) groups excluding carboxylic acids is 2. The second-order valence-electron chi connectivity index (χ2n) is 5.39. The molecule has 1 amide bonds. The van der Waals surface area contributed by atoms with Gasteiger partial charge in [0.25, 0.3) is 5.91 Å². The summed E-state index contributed by atoms with van der Waals surface area (Å²) >= 11 is 0. The first kappa shape index (κ1) is 16.7. The van der Waals surface area contributed by atoms with Crippen LogP contribution < -0.4 is 5.32 Å². The lowest BCUT2D eigenvalue weighted by atomic mass is 9.97. The Bertz CT molecular complexity index is 650. The molecule has 2 aromatic rings. The minimum Gasteiger partial charge on any atom is -0.455 e. The SMILES string of the molecule is CC[C@H](C(=O)OCC(=O)Nc1ccc(C)cc1)c1ccccc1. The van der Waals surface area contributed by atoms with Crippen molar-refractivity contribution in [3.8, 4) is 0 Å². The van der Waals surface area contributed by atoms with Gasteiger partial charge in [-0.1, -0.05) is 55.0 Å². The van der Waals surface area contributed by atoms with Crippen molar-refractivity contribution in [2.24, 2.45) is 0 Å². The van der Waals surface area contributed by atoms with Crippen molar-refractivity contribution >= 4 is 17.6 Å². The minimum absolute atomic E-state index is 0.282. The van der Waals surface area contributed by atoms with Gasteiger partial charge in [-0.3, -0.25) is 9.59 Å². The lowest BCUT2D eigenvalue weighted by molar-refractivity contribution is -0.149. The molecule has 0 aromatic heterocycles. The van der Waals surface area contributed by atoms with Crippen molar-refractivity contribution in [1.82, 2.24) is 0 Å². The molecule has 0 saturated carbocycles. The van der Waals surface area contributed by atoms with E-state index in [2.05, 4.69) is 5.32 Å². The molecule has 1 N–H and O–H groups in total. The molecule has 4 nitrogen and oxygen atoms in total. The van der Waals surface area contributed by atoms with Crippen LogP contribution in [0.15, 0.2) is 54.6 Å². The zero-order valence-electron chi connectivity index (χ0n) is 13.4. The van der Waals surface area contributed by atoms with Crippen molar-refractivity contribution in [2.45, 2.75) is 26.2 Å². The highest BCUT2D eigenvalue weighted by Crippen LogP contribution is 2.20. The summed E-state index contributed by atoms with van der Waals surface area (Å²) in [6.45, 7) is 3.61. The zero-order chi connectivity index (χ0) is 16.7. The van der Waals surface area contributed by atoms with Crippen LogP contribution in [-0.4, -0.2) is 18.5 Å². The Morgan fingerprint density at radius 3 is 2.30 bits per heavy atom. The maximum Gasteiger partial charge on any atom is 0.313 e. The second kappa shape index (κ2) is 8.13. The molecule has 120 valence electrons. The molecule has 0 aliphatic rings. The first-order chi connectivity index (χ1) is 11.1. The molecule has 2 aromatic carbocycles. The molecular weight excluding hydrogens is 290 g/mol. The molecule has 0 bridgehead atoms. The summed E-state index contributed by atoms with van der Waals surface area (Å²) in [6.07, 6.45) is 0.627. The number of hydrogen-bond donors (Lipinski definition) is 1. The first-order valence-electron chi connectivity index (χ1n) is 7.68. The van der Waals surface area contributed by atoms with E-state index in [1.807, 2.05) is 68.4 Å². The maximum atomic E-state index is 12.2. The van der Waals surface area contributed by atoms with Crippen LogP contribution in [0.1, 0.15) is 30.4 Å². The third kappa shape index (κ3) is 4.95. The number of benzene rings is 2. The van der Waals surface area contributed by atoms with Crippen LogP contribution >= 0.6 is 0 Å². The fraction of sp³-hybridized carbons (Fsp3) is 0.263. The third-order valence-electron chi connectivity index (χ3n) is 3.58. The monoisotopic (exact) mass is 311 g/mol. The van der Waals surface area contributed by atoms with Crippen molar-refractivity contribution in [1.29, 1.82) is 0 Å². The topological polar surface area (TPSA) is 55.4 Å². The number of carbonyl (C=O) groups is 2. The largest absolute Gasteiger partial charge is 0.455 e. The van der Waals surface area contributed by atoms with Gasteiger partial charge >= 0.3 is 5.97 Å². The number of amides is 1. The molecule has 23 heavy (non-hydrogen) atoms. The van der Waals surface area contributed by atoms with Gasteiger partial charge in [-0.05, 0) is 31.0 Å². The molecule has 0 radical (unpaired) electrons. The molecule has 0 spiro atoms. The lowest BCUT2D eigenvalue weighted by Gasteiger charge is -2.14. The molecule has 0 heterocycles. The van der Waals surface area contributed by atoms with Gasteiger partial charge in [-0.25, -0.2) is 0 Å². The number of nitrogens with one attached hydrogen (secondary N) is 1. The Morgan fingerprint density at radius 2 is 1.70 bits per heavy atom. The Balaban J connectivity index is 1.87. The van der Waals surface area contributed by atoms with Gasteiger partial charge in [0.15, 0.2) is 6.61 Å². The molecular formula is C19H21NO3. The van der Waals surface area contributed by atoms with E-state index in [0.717, 1.165) is 11.1 Å². The van der Waals surface area contributed by atoms with Crippen LogP contribution in [0.25, 0.3) is 0 Å². The summed E-state index contributed by atoms with van der Waals surface area (Å²) in [4.78, 5) is 24.0. The first-order valence-corrected chi connectivity index (χ1v) is 7.68. The third-order valence-corrected chi connectivity index (χ3v) is 3.58. The molecule has 0 aliphatic heterocycles. The van der Waals surface area contributed by atoms with Crippen LogP contribution in [0.2, 0.25) is 0 Å².